The Morgan fingerprint density at radius 1 is 0.582 bits per heavy atom. The van der Waals surface area contributed by atoms with E-state index >= 15 is 0 Å². The second-order valence-corrected chi connectivity index (χ2v) is 36.8. The number of aromatic amines is 2. The van der Waals surface area contributed by atoms with Gasteiger partial charge in [0.2, 0.25) is 0 Å². The smallest absolute Gasteiger partial charge is 0.143 e. The van der Waals surface area contributed by atoms with E-state index in [4.69, 9.17) is 63.2 Å². The van der Waals surface area contributed by atoms with Gasteiger partial charge in [0.25, 0.3) is 0 Å². The maximum Gasteiger partial charge on any atom is 0.143 e. The molecule has 31 heteroatoms. The molecule has 0 fully saturated rings. The molecule has 0 aliphatic heterocycles. The molecule has 8 aromatic heterocycles. The van der Waals surface area contributed by atoms with E-state index in [2.05, 4.69) is 64.5 Å². The number of nitrogens with zero attached hydrogens (tertiary/aromatic N) is 10. The van der Waals surface area contributed by atoms with Crippen LogP contribution in [0.3, 0.4) is 0 Å². The molecule has 10 aromatic rings. The zero-order valence-electron chi connectivity index (χ0n) is 44.4. The summed E-state index contributed by atoms with van der Waals surface area (Å²) in [5.74, 6) is 5.09. The summed E-state index contributed by atoms with van der Waals surface area (Å²) in [6.07, 6.45) is 0.671. The van der Waals surface area contributed by atoms with Crippen LogP contribution in [-0.4, -0.2) is 74.0 Å². The predicted octanol–water partition coefficient (Wildman–Crippen LogP) is 10.2. The Balaban J connectivity index is 0.000000188. The summed E-state index contributed by atoms with van der Waals surface area (Å²) in [4.78, 5) is 25.0. The van der Waals surface area contributed by atoms with Crippen LogP contribution in [0.4, 0.5) is 5.82 Å². The number of halogens is 1. The number of benzene rings is 2. The molecule has 17 nitrogen and oxygen atoms in total. The number of methoxy groups -OCH3 is 2. The molecular weight excluding hydrogens is 1270 g/mol. The lowest BCUT2D eigenvalue weighted by Crippen LogP contribution is -2.04. The van der Waals surface area contributed by atoms with Crippen molar-refractivity contribution in [1.82, 2.24) is 59.8 Å². The molecule has 0 saturated heterocycles. The van der Waals surface area contributed by atoms with Crippen molar-refractivity contribution < 1.29 is 18.5 Å². The van der Waals surface area contributed by atoms with E-state index in [1.807, 2.05) is 93.2 Å². The van der Waals surface area contributed by atoms with Crippen LogP contribution in [0, 0.1) is 69.2 Å². The van der Waals surface area contributed by atoms with Gasteiger partial charge in [-0.3, -0.25) is 9.36 Å². The molecule has 0 aliphatic carbocycles. The summed E-state index contributed by atoms with van der Waals surface area (Å²) in [7, 11) is 25.2. The van der Waals surface area contributed by atoms with Gasteiger partial charge in [0, 0.05) is 190 Å². The van der Waals surface area contributed by atoms with Crippen molar-refractivity contribution in [3.8, 4) is 33.8 Å². The molecule has 0 amide bonds. The fourth-order valence-corrected chi connectivity index (χ4v) is 33.6. The summed E-state index contributed by atoms with van der Waals surface area (Å²) in [5, 5.41) is 21.0. The lowest BCUT2D eigenvalue weighted by Gasteiger charge is -2.10. The monoisotopic (exact) mass is 1330 g/mol. The molecule has 0 unspecified atom stereocenters. The van der Waals surface area contributed by atoms with Crippen molar-refractivity contribution in [3.63, 3.8) is 0 Å². The van der Waals surface area contributed by atoms with Crippen LogP contribution in [0.25, 0.3) is 66.1 Å². The number of ether oxygens (including phenoxy) is 2. The van der Waals surface area contributed by atoms with E-state index in [1.165, 1.54) is 23.3 Å². The maximum atomic E-state index is 6.33. The Kier molecular flexibility index (Phi) is 23.4. The van der Waals surface area contributed by atoms with E-state index in [9.17, 15) is 0 Å². The van der Waals surface area contributed by atoms with Gasteiger partial charge in [-0.25, -0.2) is 19.9 Å². The van der Waals surface area contributed by atoms with Gasteiger partial charge in [-0.15, -0.1) is 0 Å². The molecule has 4 N–H and O–H groups in total. The molecule has 422 valence electrons. The standard InChI is InChI=1S/C24H26N6O2.C17H15ClN4O2.C6H11N3.CH4.S13/c1-11-12(2)28-30(6)20(11)10-19-23-16-9-21(31-7)17(22-13(3)29-32-14(22)4)8-18(16)27-24(23)26-15(5)25-19;1-7-14(8(2)24-22-7)11-5-12-10(6-13(11)23-4)15-16(18)19-9(3)20-17(15)21-12;1-4-5(2)8-9(3)6(4)7;;1-3-5-7-9-11-13-12-10-8-6-4-2/h8-9H,10H2,1-7H3,(H,25,26,27);5-6H,1-4H3,(H,19,20,21);7H2,1-3H3;1H4;. The van der Waals surface area contributed by atoms with Gasteiger partial charge in [0.1, 0.15) is 56.9 Å². The fraction of sp³-hybridized carbons (Fsp3) is 0.333. The number of fused-ring (bicyclic) bond motifs is 6. The Hall–Kier alpha value is -4.41. The number of rotatable bonds is 6. The highest BCUT2D eigenvalue weighted by atomic mass is 35.5. The summed E-state index contributed by atoms with van der Waals surface area (Å²) >= 11 is 15.7. The van der Waals surface area contributed by atoms with Crippen molar-refractivity contribution in [2.45, 2.75) is 83.1 Å². The van der Waals surface area contributed by atoms with Crippen molar-refractivity contribution in [1.29, 1.82) is 0 Å². The summed E-state index contributed by atoms with van der Waals surface area (Å²) in [5.41, 5.74) is 20.8. The Morgan fingerprint density at radius 2 is 1.01 bits per heavy atom. The number of nitrogens with one attached hydrogen (secondary N) is 2. The Bertz CT molecular complexity index is 4360. The van der Waals surface area contributed by atoms with Gasteiger partial charge in [0.05, 0.1) is 59.2 Å². The van der Waals surface area contributed by atoms with Crippen molar-refractivity contribution in [3.05, 3.63) is 97.9 Å². The quantitative estimate of drug-likeness (QED) is 0.132. The zero-order valence-corrected chi connectivity index (χ0v) is 55.8. The highest BCUT2D eigenvalue weighted by Gasteiger charge is 2.23. The first kappa shape index (κ1) is 63.8. The van der Waals surface area contributed by atoms with Crippen molar-refractivity contribution in [2.75, 3.05) is 20.0 Å². The molecule has 0 spiro atoms. The number of H-pyrrole nitrogens is 2. The van der Waals surface area contributed by atoms with E-state index in [-0.39, 0.29) is 7.43 Å². The van der Waals surface area contributed by atoms with Gasteiger partial charge >= 0.3 is 0 Å². The number of nitrogen functional groups attached to an aromatic ring is 1. The van der Waals surface area contributed by atoms with Crippen LogP contribution < -0.4 is 15.2 Å². The lowest BCUT2D eigenvalue weighted by atomic mass is 10.00. The predicted molar refractivity (Wildman–Crippen MR) is 355 cm³/mol. The number of hydrogen-bond donors (Lipinski definition) is 3. The molecule has 0 bridgehead atoms. The number of anilines is 1. The molecule has 8 heterocycles. The van der Waals surface area contributed by atoms with E-state index in [1.54, 1.807) is 98.8 Å². The van der Waals surface area contributed by atoms with Gasteiger partial charge in [-0.1, -0.05) is 29.3 Å². The summed E-state index contributed by atoms with van der Waals surface area (Å²) in [6.45, 7) is 19.4. The number of aryl methyl sites for hydroxylation is 10. The average Bonchev–Trinajstić information content (AvgIpc) is 4.45. The molecule has 0 atom stereocenters. The van der Waals surface area contributed by atoms with E-state index in [0.29, 0.717) is 23.0 Å². The van der Waals surface area contributed by atoms with Gasteiger partial charge < -0.3 is 34.2 Å². The number of nitrogens with two attached hydrogens (primary N) is 1. The lowest BCUT2D eigenvalue weighted by molar-refractivity contribution is 0.393. The molecule has 0 saturated carbocycles. The molecule has 2 aromatic carbocycles. The highest BCUT2D eigenvalue weighted by Crippen LogP contribution is 2.42. The van der Waals surface area contributed by atoms with Crippen LogP contribution in [0.2, 0.25) is 5.15 Å². The average molecular weight is 1330 g/mol. The van der Waals surface area contributed by atoms with Crippen LogP contribution in [0.5, 0.6) is 11.5 Å². The summed E-state index contributed by atoms with van der Waals surface area (Å²) < 4.78 is 25.7. The van der Waals surface area contributed by atoms with E-state index in [0.717, 1.165) is 135 Å². The minimum atomic E-state index is 0. The first-order chi connectivity index (χ1) is 37.3. The van der Waals surface area contributed by atoms with Gasteiger partial charge in [-0.2, -0.15) is 10.2 Å². The maximum absolute atomic E-state index is 6.33. The first-order valence-corrected chi connectivity index (χ1v) is 39.3. The van der Waals surface area contributed by atoms with Gasteiger partial charge in [-0.05, 0) is 99.1 Å². The third kappa shape index (κ3) is 14.8. The largest absolute Gasteiger partial charge is 0.496 e. The second kappa shape index (κ2) is 29.0. The molecule has 0 radical (unpaired) electrons. The van der Waals surface area contributed by atoms with Crippen LogP contribution >= 0.6 is 11.6 Å². The molecule has 10 rings (SSSR count). The number of aromatic nitrogens is 12. The molecular formula is C48H56ClN13O4S13. The Labute approximate surface area is 503 Å². The normalized spacial score (nSPS) is 10.6. The minimum Gasteiger partial charge on any atom is -0.496 e. The van der Waals surface area contributed by atoms with Gasteiger partial charge in [0.15, 0.2) is 0 Å². The highest BCUT2D eigenvalue weighted by molar-refractivity contribution is 8.75. The summed E-state index contributed by atoms with van der Waals surface area (Å²) in [6, 6.07) is 8.09. The van der Waals surface area contributed by atoms with Crippen LogP contribution in [0.1, 0.15) is 75.9 Å². The molecule has 79 heavy (non-hydrogen) atoms. The number of hydrogen-bond acceptors (Lipinski definition) is 15. The van der Waals surface area contributed by atoms with Crippen molar-refractivity contribution in [2.24, 2.45) is 14.1 Å². The van der Waals surface area contributed by atoms with Crippen LogP contribution in [-0.2, 0) is 141 Å². The third-order valence-electron chi connectivity index (χ3n) is 12.3. The molecule has 0 aliphatic rings. The zero-order chi connectivity index (χ0) is 56.5. The minimum absolute atomic E-state index is 0. The van der Waals surface area contributed by atoms with Crippen molar-refractivity contribution >= 4 is 181 Å². The third-order valence-corrected chi connectivity index (χ3v) is 34.8. The Morgan fingerprint density at radius 3 is 1.39 bits per heavy atom. The SMILES string of the molecule is C.COc1cc2c(cc1-c1c(C)noc1C)[nH]c1nc(C)nc(Cc3c(C)c(C)nn3C)c12.COc1cc2c(cc1-c1c(C)noc1C)[nH]c1nc(C)nc(Cl)c12.Cc1nn(C)c(N)c1C.S=S=S=S=S=S=S=S=S=S=S=S=S. The van der Waals surface area contributed by atoms with Crippen LogP contribution in [0.15, 0.2) is 33.3 Å². The topological polar surface area (TPSA) is 215 Å². The van der Waals surface area contributed by atoms with E-state index < -0.39 is 0 Å². The fourth-order valence-electron chi connectivity index (χ4n) is 8.60. The second-order valence-electron chi connectivity index (χ2n) is 17.0. The first-order valence-electron chi connectivity index (χ1n) is 22.9.